The Hall–Kier alpha value is -1.53. The van der Waals surface area contributed by atoms with Gasteiger partial charge in [-0.2, -0.15) is 0 Å². The topological polar surface area (TPSA) is 68.0 Å². The first-order chi connectivity index (χ1) is 9.70. The highest BCUT2D eigenvalue weighted by molar-refractivity contribution is 7.18. The van der Waals surface area contributed by atoms with Crippen LogP contribution in [0.4, 0.5) is 4.39 Å². The molecule has 3 N–H and O–H groups in total. The van der Waals surface area contributed by atoms with Crippen molar-refractivity contribution in [2.24, 2.45) is 11.7 Å². The van der Waals surface area contributed by atoms with E-state index in [2.05, 4.69) is 10.3 Å². The van der Waals surface area contributed by atoms with Crippen molar-refractivity contribution < 1.29 is 9.18 Å². The van der Waals surface area contributed by atoms with Gasteiger partial charge < -0.3 is 11.1 Å². The van der Waals surface area contributed by atoms with Crippen LogP contribution in [-0.2, 0) is 10.3 Å². The van der Waals surface area contributed by atoms with Gasteiger partial charge in [0.1, 0.15) is 10.8 Å². The highest BCUT2D eigenvalue weighted by atomic mass is 32.1. The molecule has 21 heavy (non-hydrogen) atoms. The lowest BCUT2D eigenvalue weighted by Gasteiger charge is -2.26. The number of benzene rings is 1. The molecule has 0 saturated carbocycles. The Morgan fingerprint density at radius 3 is 2.71 bits per heavy atom. The molecule has 0 aliphatic heterocycles. The third kappa shape index (κ3) is 3.39. The van der Waals surface area contributed by atoms with Crippen molar-refractivity contribution in [3.05, 3.63) is 29.0 Å². The summed E-state index contributed by atoms with van der Waals surface area (Å²) >= 11 is 1.37. The van der Waals surface area contributed by atoms with Gasteiger partial charge in [0.05, 0.1) is 21.8 Å². The number of nitrogens with two attached hydrogens (primary N) is 1. The van der Waals surface area contributed by atoms with Crippen LogP contribution in [0.15, 0.2) is 18.2 Å². The van der Waals surface area contributed by atoms with Gasteiger partial charge in [0.15, 0.2) is 0 Å². The van der Waals surface area contributed by atoms with Crippen molar-refractivity contribution in [1.29, 1.82) is 0 Å². The number of nitrogens with zero attached hydrogens (tertiary/aromatic N) is 1. The minimum absolute atomic E-state index is 0.0604. The fourth-order valence-electron chi connectivity index (χ4n) is 1.91. The molecule has 0 fully saturated rings. The number of hydrogen-bond acceptors (Lipinski definition) is 4. The van der Waals surface area contributed by atoms with Gasteiger partial charge in [-0.3, -0.25) is 4.79 Å². The lowest BCUT2D eigenvalue weighted by molar-refractivity contribution is -0.124. The number of carbonyl (C=O) groups is 1. The lowest BCUT2D eigenvalue weighted by atomic mass is 10.0. The van der Waals surface area contributed by atoms with E-state index in [4.69, 9.17) is 5.73 Å². The molecule has 1 aromatic heterocycles. The number of nitrogens with one attached hydrogen (secondary N) is 1. The molecule has 0 unspecified atom stereocenters. The predicted octanol–water partition coefficient (Wildman–Crippen LogP) is 2.77. The van der Waals surface area contributed by atoms with Crippen LogP contribution in [0.1, 0.15) is 32.7 Å². The van der Waals surface area contributed by atoms with Crippen molar-refractivity contribution in [2.45, 2.75) is 39.3 Å². The number of thiazole rings is 1. The van der Waals surface area contributed by atoms with Crippen LogP contribution in [-0.4, -0.2) is 16.9 Å². The fourth-order valence-corrected chi connectivity index (χ4v) is 2.96. The summed E-state index contributed by atoms with van der Waals surface area (Å²) in [6.07, 6.45) is 0. The Morgan fingerprint density at radius 1 is 1.43 bits per heavy atom. The van der Waals surface area contributed by atoms with E-state index in [1.165, 1.54) is 23.5 Å². The molecular weight excluding hydrogens is 289 g/mol. The Morgan fingerprint density at radius 2 is 2.10 bits per heavy atom. The molecule has 2 rings (SSSR count). The Kier molecular flexibility index (Phi) is 4.30. The second kappa shape index (κ2) is 5.69. The molecule has 0 spiro atoms. The number of hydrogen-bond donors (Lipinski definition) is 2. The van der Waals surface area contributed by atoms with Crippen LogP contribution in [0, 0.1) is 11.7 Å². The van der Waals surface area contributed by atoms with Gasteiger partial charge in [0.25, 0.3) is 0 Å². The first-order valence-electron chi connectivity index (χ1n) is 6.85. The van der Waals surface area contributed by atoms with E-state index in [1.54, 1.807) is 6.07 Å². The zero-order chi connectivity index (χ0) is 15.8. The van der Waals surface area contributed by atoms with Gasteiger partial charge in [0.2, 0.25) is 5.91 Å². The molecule has 1 atom stereocenters. The first kappa shape index (κ1) is 15.9. The SMILES string of the molecule is CC(C)[C@H](N)C(=O)NC(C)(C)c1nc2ccc(F)cc2s1. The standard InChI is InChI=1S/C15H20FN3OS/c1-8(2)12(17)13(20)19-15(3,4)14-18-10-6-5-9(16)7-11(10)21-14/h5-8,12H,17H2,1-4H3,(H,19,20)/t12-/m0/s1. The molecule has 0 radical (unpaired) electrons. The van der Waals surface area contributed by atoms with Crippen LogP contribution >= 0.6 is 11.3 Å². The summed E-state index contributed by atoms with van der Waals surface area (Å²) in [7, 11) is 0. The molecule has 1 heterocycles. The zero-order valence-electron chi connectivity index (χ0n) is 12.6. The normalized spacial score (nSPS) is 13.7. The highest BCUT2D eigenvalue weighted by Gasteiger charge is 2.29. The summed E-state index contributed by atoms with van der Waals surface area (Å²) in [5, 5.41) is 3.65. The Labute approximate surface area is 127 Å². The summed E-state index contributed by atoms with van der Waals surface area (Å²) < 4.78 is 14.0. The average Bonchev–Trinajstić information content (AvgIpc) is 2.80. The van der Waals surface area contributed by atoms with Crippen molar-refractivity contribution in [2.75, 3.05) is 0 Å². The van der Waals surface area contributed by atoms with Crippen LogP contribution in [0.2, 0.25) is 0 Å². The van der Waals surface area contributed by atoms with Gasteiger partial charge >= 0.3 is 0 Å². The molecule has 0 aliphatic rings. The van der Waals surface area contributed by atoms with Crippen LogP contribution in [0.5, 0.6) is 0 Å². The summed E-state index contributed by atoms with van der Waals surface area (Å²) in [5.74, 6) is -0.438. The lowest BCUT2D eigenvalue weighted by Crippen LogP contribution is -2.50. The Balaban J connectivity index is 2.26. The second-order valence-corrected chi connectivity index (χ2v) is 7.05. The van der Waals surface area contributed by atoms with Crippen molar-refractivity contribution in [3.8, 4) is 0 Å². The largest absolute Gasteiger partial charge is 0.343 e. The van der Waals surface area contributed by atoms with Crippen molar-refractivity contribution in [3.63, 3.8) is 0 Å². The maximum atomic E-state index is 13.2. The van der Waals surface area contributed by atoms with E-state index in [0.717, 1.165) is 15.2 Å². The third-order valence-corrected chi connectivity index (χ3v) is 4.68. The number of amides is 1. The molecular formula is C15H20FN3OS. The predicted molar refractivity (Wildman–Crippen MR) is 83.6 cm³/mol. The second-order valence-electron chi connectivity index (χ2n) is 6.02. The van der Waals surface area contributed by atoms with E-state index in [-0.39, 0.29) is 17.6 Å². The molecule has 1 aromatic carbocycles. The maximum absolute atomic E-state index is 13.2. The molecule has 0 saturated heterocycles. The van der Waals surface area contributed by atoms with E-state index >= 15 is 0 Å². The molecule has 2 aromatic rings. The molecule has 0 bridgehead atoms. The Bertz CT molecular complexity index is 666. The quantitative estimate of drug-likeness (QED) is 0.912. The summed E-state index contributed by atoms with van der Waals surface area (Å²) in [4.78, 5) is 16.6. The fraction of sp³-hybridized carbons (Fsp3) is 0.467. The first-order valence-corrected chi connectivity index (χ1v) is 7.66. The highest BCUT2D eigenvalue weighted by Crippen LogP contribution is 2.30. The zero-order valence-corrected chi connectivity index (χ0v) is 13.4. The number of aromatic nitrogens is 1. The molecule has 0 aliphatic carbocycles. The molecule has 4 nitrogen and oxygen atoms in total. The van der Waals surface area contributed by atoms with Crippen molar-refractivity contribution in [1.82, 2.24) is 10.3 Å². The van der Waals surface area contributed by atoms with Gasteiger partial charge in [-0.05, 0) is 38.0 Å². The summed E-state index contributed by atoms with van der Waals surface area (Å²) in [5.41, 5.74) is 5.94. The average molecular weight is 309 g/mol. The number of carbonyl (C=O) groups excluding carboxylic acids is 1. The van der Waals surface area contributed by atoms with Crippen LogP contribution in [0.3, 0.4) is 0 Å². The monoisotopic (exact) mass is 309 g/mol. The van der Waals surface area contributed by atoms with Gasteiger partial charge in [0, 0.05) is 0 Å². The van der Waals surface area contributed by atoms with E-state index < -0.39 is 11.6 Å². The summed E-state index contributed by atoms with van der Waals surface area (Å²) in [6, 6.07) is 3.92. The smallest absolute Gasteiger partial charge is 0.237 e. The van der Waals surface area contributed by atoms with E-state index in [9.17, 15) is 9.18 Å². The molecule has 114 valence electrons. The van der Waals surface area contributed by atoms with Gasteiger partial charge in [-0.25, -0.2) is 9.37 Å². The summed E-state index contributed by atoms with van der Waals surface area (Å²) in [6.45, 7) is 7.54. The maximum Gasteiger partial charge on any atom is 0.237 e. The minimum atomic E-state index is -0.649. The van der Waals surface area contributed by atoms with Gasteiger partial charge in [-0.1, -0.05) is 13.8 Å². The van der Waals surface area contributed by atoms with Gasteiger partial charge in [-0.15, -0.1) is 11.3 Å². The number of halogens is 1. The van der Waals surface area contributed by atoms with Crippen LogP contribution in [0.25, 0.3) is 10.2 Å². The van der Waals surface area contributed by atoms with E-state index in [0.29, 0.717) is 0 Å². The molecule has 6 heteroatoms. The van der Waals surface area contributed by atoms with Crippen LogP contribution < -0.4 is 11.1 Å². The third-order valence-electron chi connectivity index (χ3n) is 3.34. The van der Waals surface area contributed by atoms with Crippen molar-refractivity contribution >= 4 is 27.5 Å². The van der Waals surface area contributed by atoms with E-state index in [1.807, 2.05) is 27.7 Å². The number of fused-ring (bicyclic) bond motifs is 1. The number of rotatable bonds is 4. The minimum Gasteiger partial charge on any atom is -0.343 e. The molecule has 1 amide bonds.